The van der Waals surface area contributed by atoms with Gasteiger partial charge in [0, 0.05) is 20.1 Å². The first kappa shape index (κ1) is 22.6. The van der Waals surface area contributed by atoms with Gasteiger partial charge in [-0.15, -0.1) is 0 Å². The number of carbonyl (C=O) groups excluding carboxylic acids is 2. The van der Waals surface area contributed by atoms with E-state index in [0.29, 0.717) is 49.5 Å². The molecule has 4 saturated heterocycles. The quantitative estimate of drug-likeness (QED) is 0.578. The fourth-order valence-electron chi connectivity index (χ4n) is 9.04. The Kier molecular flexibility index (Phi) is 3.83. The van der Waals surface area contributed by atoms with Crippen molar-refractivity contribution >= 4 is 17.5 Å². The standard InChI is InChI=1S/C28H35N3O5/c1-23(2)10-12-35-20-17(36-23)8-7-16-19(20)29-21(32)27(16)14-26-15-31-11-9-25(5,34)28(31,22(33)30(26)6)13-18(26)24(27,3)4/h7-8,10,12,18,34H,9,11,13-15H2,1-6H3,(H,29,32)/t18-,25-,26-,27-,28+/m1/s1. The van der Waals surface area contributed by atoms with E-state index in [0.717, 1.165) is 5.56 Å². The van der Waals surface area contributed by atoms with E-state index in [4.69, 9.17) is 9.47 Å². The minimum atomic E-state index is -1.10. The zero-order valence-corrected chi connectivity index (χ0v) is 21.9. The van der Waals surface area contributed by atoms with E-state index < -0.39 is 33.1 Å². The van der Waals surface area contributed by atoms with Crippen LogP contribution in [0.25, 0.3) is 0 Å². The van der Waals surface area contributed by atoms with E-state index in [1.807, 2.05) is 50.9 Å². The highest BCUT2D eigenvalue weighted by molar-refractivity contribution is 6.09. The number of hydrogen-bond acceptors (Lipinski definition) is 6. The van der Waals surface area contributed by atoms with Crippen molar-refractivity contribution in [2.24, 2.45) is 11.3 Å². The van der Waals surface area contributed by atoms with Gasteiger partial charge in [0.05, 0.1) is 28.5 Å². The summed E-state index contributed by atoms with van der Waals surface area (Å²) in [6, 6.07) is 3.92. The molecule has 2 bridgehead atoms. The van der Waals surface area contributed by atoms with E-state index in [9.17, 15) is 14.7 Å². The van der Waals surface area contributed by atoms with Crippen molar-refractivity contribution < 1.29 is 24.2 Å². The number of piperidine rings is 2. The maximum atomic E-state index is 14.2. The molecule has 1 aromatic carbocycles. The predicted octanol–water partition coefficient (Wildman–Crippen LogP) is 2.80. The number of anilines is 1. The van der Waals surface area contributed by atoms with E-state index in [1.54, 1.807) is 6.26 Å². The molecule has 8 heteroatoms. The molecule has 192 valence electrons. The zero-order chi connectivity index (χ0) is 25.7. The van der Waals surface area contributed by atoms with Gasteiger partial charge in [-0.1, -0.05) is 19.9 Å². The van der Waals surface area contributed by atoms with Gasteiger partial charge in [0.25, 0.3) is 0 Å². The first-order chi connectivity index (χ1) is 16.7. The third-order valence-electron chi connectivity index (χ3n) is 11.0. The minimum absolute atomic E-state index is 0.00925. The van der Waals surface area contributed by atoms with Crippen molar-refractivity contribution in [2.45, 2.75) is 81.6 Å². The number of likely N-dealkylation sites (N-methyl/N-ethyl adjacent to an activating group) is 1. The molecule has 6 heterocycles. The van der Waals surface area contributed by atoms with Crippen molar-refractivity contribution in [1.29, 1.82) is 0 Å². The number of aliphatic hydroxyl groups is 1. The van der Waals surface area contributed by atoms with E-state index in [2.05, 4.69) is 24.1 Å². The molecule has 2 N–H and O–H groups in total. The molecule has 36 heavy (non-hydrogen) atoms. The van der Waals surface area contributed by atoms with Crippen LogP contribution in [0.2, 0.25) is 0 Å². The summed E-state index contributed by atoms with van der Waals surface area (Å²) in [5.74, 6) is 1.10. The summed E-state index contributed by atoms with van der Waals surface area (Å²) in [5.41, 5.74) is -2.82. The number of hydrogen-bond donors (Lipinski definition) is 2. The topological polar surface area (TPSA) is 91.3 Å². The van der Waals surface area contributed by atoms with Crippen LogP contribution in [0.3, 0.4) is 0 Å². The van der Waals surface area contributed by atoms with Crippen molar-refractivity contribution in [3.8, 4) is 11.5 Å². The van der Waals surface area contributed by atoms with Crippen LogP contribution in [-0.2, 0) is 15.0 Å². The summed E-state index contributed by atoms with van der Waals surface area (Å²) < 4.78 is 12.2. The Morgan fingerprint density at radius 2 is 1.89 bits per heavy atom. The van der Waals surface area contributed by atoms with Crippen molar-refractivity contribution in [3.05, 3.63) is 30.0 Å². The Morgan fingerprint density at radius 1 is 1.14 bits per heavy atom. The first-order valence-corrected chi connectivity index (χ1v) is 13.0. The van der Waals surface area contributed by atoms with E-state index in [-0.39, 0.29) is 17.7 Å². The number of benzene rings is 1. The van der Waals surface area contributed by atoms with Crippen molar-refractivity contribution in [1.82, 2.24) is 9.80 Å². The van der Waals surface area contributed by atoms with Gasteiger partial charge in [0.2, 0.25) is 11.8 Å². The first-order valence-electron chi connectivity index (χ1n) is 13.0. The number of carbonyl (C=O) groups is 2. The second-order valence-corrected chi connectivity index (χ2v) is 13.2. The van der Waals surface area contributed by atoms with Crippen molar-refractivity contribution in [3.63, 3.8) is 0 Å². The fraction of sp³-hybridized carbons (Fsp3) is 0.643. The molecule has 0 aromatic heterocycles. The molecule has 5 atom stereocenters. The Hall–Kier alpha value is -2.58. The molecule has 8 nitrogen and oxygen atoms in total. The van der Waals surface area contributed by atoms with Crippen LogP contribution in [0, 0.1) is 11.3 Å². The number of ether oxygens (including phenoxy) is 2. The number of amides is 2. The third kappa shape index (κ3) is 2.15. The highest BCUT2D eigenvalue weighted by atomic mass is 16.5. The molecule has 6 aliphatic heterocycles. The van der Waals surface area contributed by atoms with Crippen LogP contribution >= 0.6 is 0 Å². The highest BCUT2D eigenvalue weighted by Crippen LogP contribution is 2.73. The monoisotopic (exact) mass is 493 g/mol. The Balaban J connectivity index is 1.42. The summed E-state index contributed by atoms with van der Waals surface area (Å²) in [6.45, 7) is 11.5. The molecule has 5 fully saturated rings. The summed E-state index contributed by atoms with van der Waals surface area (Å²) >= 11 is 0. The maximum absolute atomic E-state index is 14.2. The Morgan fingerprint density at radius 3 is 2.64 bits per heavy atom. The van der Waals surface area contributed by atoms with Crippen LogP contribution in [0.5, 0.6) is 11.5 Å². The smallest absolute Gasteiger partial charge is 0.246 e. The van der Waals surface area contributed by atoms with Crippen LogP contribution in [-0.4, -0.2) is 69.1 Å². The largest absolute Gasteiger partial charge is 0.480 e. The normalized spacial score (nSPS) is 42.9. The molecular formula is C28H35N3O5. The van der Waals surface area contributed by atoms with E-state index in [1.165, 1.54) is 0 Å². The van der Waals surface area contributed by atoms with Gasteiger partial charge >= 0.3 is 0 Å². The summed E-state index contributed by atoms with van der Waals surface area (Å²) in [6.07, 6.45) is 5.16. The molecule has 2 amide bonds. The second kappa shape index (κ2) is 6.10. The van der Waals surface area contributed by atoms with Gasteiger partial charge < -0.3 is 24.8 Å². The highest BCUT2D eigenvalue weighted by Gasteiger charge is 2.82. The third-order valence-corrected chi connectivity index (χ3v) is 11.0. The minimum Gasteiger partial charge on any atom is -0.480 e. The zero-order valence-electron chi connectivity index (χ0n) is 21.9. The molecular weight excluding hydrogens is 458 g/mol. The lowest BCUT2D eigenvalue weighted by atomic mass is 9.55. The van der Waals surface area contributed by atoms with Crippen LogP contribution in [0.4, 0.5) is 5.69 Å². The lowest BCUT2D eigenvalue weighted by Crippen LogP contribution is -2.82. The van der Waals surface area contributed by atoms with Crippen LogP contribution in [0.1, 0.15) is 59.4 Å². The molecule has 1 aromatic rings. The number of piperazine rings is 1. The fourth-order valence-corrected chi connectivity index (χ4v) is 9.04. The van der Waals surface area contributed by atoms with Gasteiger partial charge in [0.1, 0.15) is 11.1 Å². The van der Waals surface area contributed by atoms with Gasteiger partial charge in [-0.3, -0.25) is 14.5 Å². The Bertz CT molecular complexity index is 1280. The lowest BCUT2D eigenvalue weighted by molar-refractivity contribution is -0.206. The summed E-state index contributed by atoms with van der Waals surface area (Å²) in [4.78, 5) is 32.2. The van der Waals surface area contributed by atoms with E-state index >= 15 is 0 Å². The lowest BCUT2D eigenvalue weighted by Gasteiger charge is -2.65. The average molecular weight is 494 g/mol. The molecule has 1 aliphatic carbocycles. The predicted molar refractivity (Wildman–Crippen MR) is 133 cm³/mol. The molecule has 1 saturated carbocycles. The van der Waals surface area contributed by atoms with Gasteiger partial charge in [-0.25, -0.2) is 0 Å². The molecule has 0 radical (unpaired) electrons. The molecule has 7 aliphatic rings. The van der Waals surface area contributed by atoms with Crippen LogP contribution in [0.15, 0.2) is 24.5 Å². The average Bonchev–Trinajstić information content (AvgIpc) is 3.25. The Labute approximate surface area is 211 Å². The number of nitrogens with one attached hydrogen (secondary N) is 1. The SMILES string of the molecule is CN1C(=O)[C@]23C[C@@H]4C(C)(C)[C@@]5(C[C@@]41CN2CC[C@@]3(C)O)C(=O)Nc1c5ccc2c1OC=CC(C)(C)O2. The number of fused-ring (bicyclic) bond motifs is 5. The van der Waals surface area contributed by atoms with Gasteiger partial charge in [-0.05, 0) is 69.1 Å². The van der Waals surface area contributed by atoms with Gasteiger partial charge in [0.15, 0.2) is 11.5 Å². The molecule has 8 rings (SSSR count). The number of rotatable bonds is 0. The second-order valence-electron chi connectivity index (χ2n) is 13.2. The maximum Gasteiger partial charge on any atom is 0.246 e. The molecule has 0 unspecified atom stereocenters. The van der Waals surface area contributed by atoms with Crippen molar-refractivity contribution in [2.75, 3.05) is 25.5 Å². The van der Waals surface area contributed by atoms with Gasteiger partial charge in [-0.2, -0.15) is 0 Å². The summed E-state index contributed by atoms with van der Waals surface area (Å²) in [7, 11) is 1.88. The van der Waals surface area contributed by atoms with Crippen LogP contribution < -0.4 is 14.8 Å². The number of nitrogens with zero attached hydrogens (tertiary/aromatic N) is 2. The summed E-state index contributed by atoms with van der Waals surface area (Å²) in [5, 5.41) is 14.7. The molecule has 3 spiro atoms.